The molecule has 148 valence electrons. The van der Waals surface area contributed by atoms with E-state index in [-0.39, 0.29) is 5.91 Å². The number of fused-ring (bicyclic) bond motifs is 2. The number of rotatable bonds is 4. The van der Waals surface area contributed by atoms with Crippen molar-refractivity contribution in [2.24, 2.45) is 0 Å². The number of nitrogens with one attached hydrogen (secondary N) is 2. The predicted molar refractivity (Wildman–Crippen MR) is 121 cm³/mol. The lowest BCUT2D eigenvalue weighted by Gasteiger charge is -2.19. The van der Waals surface area contributed by atoms with Crippen LogP contribution in [0.1, 0.15) is 21.5 Å². The highest BCUT2D eigenvalue weighted by Crippen LogP contribution is 2.35. The van der Waals surface area contributed by atoms with E-state index in [0.717, 1.165) is 35.7 Å². The molecule has 1 aliphatic rings. The molecule has 1 amide bonds. The summed E-state index contributed by atoms with van der Waals surface area (Å²) in [5, 5.41) is 1.18. The van der Waals surface area contributed by atoms with E-state index in [1.54, 1.807) is 0 Å². The molecule has 30 heavy (non-hydrogen) atoms. The highest BCUT2D eigenvalue weighted by molar-refractivity contribution is 5.95. The fourth-order valence-electron chi connectivity index (χ4n) is 3.83. The number of hydrogen-bond acceptors (Lipinski definition) is 4. The Labute approximate surface area is 175 Å². The van der Waals surface area contributed by atoms with Gasteiger partial charge < -0.3 is 4.90 Å². The van der Waals surface area contributed by atoms with Crippen LogP contribution < -0.4 is 15.8 Å². The third-order valence-corrected chi connectivity index (χ3v) is 5.42. The molecule has 5 rings (SSSR count). The Morgan fingerprint density at radius 1 is 0.967 bits per heavy atom. The van der Waals surface area contributed by atoms with Crippen molar-refractivity contribution in [2.75, 3.05) is 16.9 Å². The SMILES string of the molecule is Cc1ccc2cc3c(nc2c1)N(c1ccc(C(=O)NNc2ccccc2)cc1)CC3. The van der Waals surface area contributed by atoms with Gasteiger partial charge in [0.1, 0.15) is 5.82 Å². The molecule has 0 atom stereocenters. The van der Waals surface area contributed by atoms with Crippen molar-refractivity contribution in [1.29, 1.82) is 0 Å². The quantitative estimate of drug-likeness (QED) is 0.479. The summed E-state index contributed by atoms with van der Waals surface area (Å²) in [6.45, 7) is 2.97. The molecule has 0 aliphatic carbocycles. The van der Waals surface area contributed by atoms with Crippen LogP contribution in [0.4, 0.5) is 17.2 Å². The zero-order valence-corrected chi connectivity index (χ0v) is 16.7. The number of pyridine rings is 1. The predicted octanol–water partition coefficient (Wildman–Crippen LogP) is 4.99. The number of benzene rings is 3. The van der Waals surface area contributed by atoms with Gasteiger partial charge in [0.25, 0.3) is 5.91 Å². The van der Waals surface area contributed by atoms with Crippen LogP contribution >= 0.6 is 0 Å². The maximum absolute atomic E-state index is 12.4. The number of para-hydroxylation sites is 1. The second kappa shape index (κ2) is 7.52. The van der Waals surface area contributed by atoms with Crippen LogP contribution in [0.5, 0.6) is 0 Å². The number of aryl methyl sites for hydroxylation is 1. The molecule has 4 aromatic rings. The van der Waals surface area contributed by atoms with Gasteiger partial charge in [-0.25, -0.2) is 4.98 Å². The highest BCUT2D eigenvalue weighted by Gasteiger charge is 2.23. The minimum absolute atomic E-state index is 0.174. The molecular weight excluding hydrogens is 372 g/mol. The molecule has 0 saturated carbocycles. The minimum atomic E-state index is -0.174. The van der Waals surface area contributed by atoms with Crippen LogP contribution in [0, 0.1) is 6.92 Å². The Bertz CT molecular complexity index is 1220. The minimum Gasteiger partial charge on any atom is -0.326 e. The van der Waals surface area contributed by atoms with Gasteiger partial charge in [-0.2, -0.15) is 0 Å². The lowest BCUT2D eigenvalue weighted by Crippen LogP contribution is -2.29. The first-order valence-electron chi connectivity index (χ1n) is 10.1. The second-order valence-electron chi connectivity index (χ2n) is 7.56. The molecule has 5 heteroatoms. The Balaban J connectivity index is 1.35. The fourth-order valence-corrected chi connectivity index (χ4v) is 3.83. The average Bonchev–Trinajstić information content (AvgIpc) is 3.19. The molecule has 3 aromatic carbocycles. The van der Waals surface area contributed by atoms with Crippen LogP contribution in [0.3, 0.4) is 0 Å². The van der Waals surface area contributed by atoms with Crippen LogP contribution in [-0.4, -0.2) is 17.4 Å². The van der Waals surface area contributed by atoms with E-state index >= 15 is 0 Å². The van der Waals surface area contributed by atoms with E-state index in [1.807, 2.05) is 54.6 Å². The Morgan fingerprint density at radius 3 is 2.57 bits per heavy atom. The zero-order valence-electron chi connectivity index (χ0n) is 16.7. The number of carbonyl (C=O) groups excluding carboxylic acids is 1. The summed E-state index contributed by atoms with van der Waals surface area (Å²) in [4.78, 5) is 19.6. The smallest absolute Gasteiger partial charge is 0.269 e. The van der Waals surface area contributed by atoms with Crippen LogP contribution in [0.2, 0.25) is 0 Å². The molecule has 2 N–H and O–H groups in total. The first kappa shape index (κ1) is 18.2. The van der Waals surface area contributed by atoms with E-state index < -0.39 is 0 Å². The number of hydrazine groups is 1. The first-order valence-corrected chi connectivity index (χ1v) is 10.1. The second-order valence-corrected chi connectivity index (χ2v) is 7.56. The number of carbonyl (C=O) groups is 1. The molecule has 0 bridgehead atoms. The van der Waals surface area contributed by atoms with Crippen molar-refractivity contribution in [1.82, 2.24) is 10.4 Å². The van der Waals surface area contributed by atoms with Crippen molar-refractivity contribution >= 4 is 34.0 Å². The molecule has 0 unspecified atom stereocenters. The Morgan fingerprint density at radius 2 is 1.77 bits per heavy atom. The highest BCUT2D eigenvalue weighted by atomic mass is 16.2. The van der Waals surface area contributed by atoms with Crippen molar-refractivity contribution < 1.29 is 4.79 Å². The first-order chi connectivity index (χ1) is 14.7. The normalized spacial score (nSPS) is 12.6. The van der Waals surface area contributed by atoms with Crippen LogP contribution in [0.25, 0.3) is 10.9 Å². The molecule has 1 aromatic heterocycles. The van der Waals surface area contributed by atoms with Crippen molar-refractivity contribution in [3.63, 3.8) is 0 Å². The molecule has 0 saturated heterocycles. The van der Waals surface area contributed by atoms with Gasteiger partial charge in [-0.1, -0.05) is 30.3 Å². The van der Waals surface area contributed by atoms with Gasteiger partial charge in [0, 0.05) is 23.2 Å². The monoisotopic (exact) mass is 394 g/mol. The van der Waals surface area contributed by atoms with Crippen molar-refractivity contribution in [3.8, 4) is 0 Å². The standard InChI is InChI=1S/C25H22N4O/c1-17-7-8-19-16-20-13-14-29(24(20)26-23(19)15-17)22-11-9-18(10-12-22)25(30)28-27-21-5-3-2-4-6-21/h2-12,15-16,27H,13-14H2,1H3,(H,28,30). The van der Waals surface area contributed by atoms with Gasteiger partial charge in [-0.15, -0.1) is 0 Å². The van der Waals surface area contributed by atoms with E-state index in [9.17, 15) is 4.79 Å². The number of nitrogens with zero attached hydrogens (tertiary/aromatic N) is 2. The van der Waals surface area contributed by atoms with Crippen molar-refractivity contribution in [3.05, 3.63) is 95.6 Å². The topological polar surface area (TPSA) is 57.3 Å². The van der Waals surface area contributed by atoms with E-state index in [4.69, 9.17) is 4.98 Å². The summed E-state index contributed by atoms with van der Waals surface area (Å²) in [5.74, 6) is 0.836. The Kier molecular flexibility index (Phi) is 4.56. The van der Waals surface area contributed by atoms with Gasteiger partial charge >= 0.3 is 0 Å². The number of hydrogen-bond donors (Lipinski definition) is 2. The molecule has 0 spiro atoms. The van der Waals surface area contributed by atoms with E-state index in [0.29, 0.717) is 5.56 Å². The third kappa shape index (κ3) is 3.46. The average molecular weight is 394 g/mol. The maximum atomic E-state index is 12.4. The summed E-state index contributed by atoms with van der Waals surface area (Å²) in [7, 11) is 0. The molecular formula is C25H22N4O. The van der Waals surface area contributed by atoms with Gasteiger partial charge in [-0.3, -0.25) is 15.6 Å². The van der Waals surface area contributed by atoms with Gasteiger partial charge in [0.05, 0.1) is 11.2 Å². The molecule has 5 nitrogen and oxygen atoms in total. The zero-order chi connectivity index (χ0) is 20.5. The van der Waals surface area contributed by atoms with Crippen LogP contribution in [-0.2, 0) is 6.42 Å². The van der Waals surface area contributed by atoms with E-state index in [1.165, 1.54) is 16.5 Å². The summed E-state index contributed by atoms with van der Waals surface area (Å²) in [6.07, 6.45) is 0.968. The Hall–Kier alpha value is -3.86. The molecule has 0 fully saturated rings. The summed E-state index contributed by atoms with van der Waals surface area (Å²) in [6, 6.07) is 25.8. The summed E-state index contributed by atoms with van der Waals surface area (Å²) in [5.41, 5.74) is 11.6. The molecule has 2 heterocycles. The summed E-state index contributed by atoms with van der Waals surface area (Å²) < 4.78 is 0. The fraction of sp³-hybridized carbons (Fsp3) is 0.120. The van der Waals surface area contributed by atoms with Crippen LogP contribution in [0.15, 0.2) is 78.9 Å². The number of aromatic nitrogens is 1. The van der Waals surface area contributed by atoms with Crippen molar-refractivity contribution in [2.45, 2.75) is 13.3 Å². The summed E-state index contributed by atoms with van der Waals surface area (Å²) >= 11 is 0. The number of amides is 1. The lowest BCUT2D eigenvalue weighted by atomic mass is 10.1. The van der Waals surface area contributed by atoms with Gasteiger partial charge in [-0.05, 0) is 73.0 Å². The molecule has 1 aliphatic heterocycles. The molecule has 0 radical (unpaired) electrons. The van der Waals surface area contributed by atoms with E-state index in [2.05, 4.69) is 46.9 Å². The maximum Gasteiger partial charge on any atom is 0.269 e. The third-order valence-electron chi connectivity index (χ3n) is 5.42. The van der Waals surface area contributed by atoms with Gasteiger partial charge in [0.2, 0.25) is 0 Å². The largest absolute Gasteiger partial charge is 0.326 e. The number of anilines is 3. The lowest BCUT2D eigenvalue weighted by molar-refractivity contribution is 0.0962. The van der Waals surface area contributed by atoms with Gasteiger partial charge in [0.15, 0.2) is 0 Å².